The van der Waals surface area contributed by atoms with Gasteiger partial charge in [-0.15, -0.1) is 10.2 Å². The maximum absolute atomic E-state index is 5.94. The van der Waals surface area contributed by atoms with E-state index >= 15 is 0 Å². The van der Waals surface area contributed by atoms with Gasteiger partial charge in [0, 0.05) is 13.2 Å². The smallest absolute Gasteiger partial charge is 0.188 e. The van der Waals surface area contributed by atoms with Crippen LogP contribution in [-0.2, 0) is 7.05 Å². The van der Waals surface area contributed by atoms with Gasteiger partial charge in [0.15, 0.2) is 10.8 Å². The number of rotatable bonds is 0. The van der Waals surface area contributed by atoms with Gasteiger partial charge < -0.3 is 0 Å². The van der Waals surface area contributed by atoms with Crippen molar-refractivity contribution in [2.75, 3.05) is 0 Å². The van der Waals surface area contributed by atoms with Gasteiger partial charge in [-0.05, 0) is 0 Å². The molecule has 6 nitrogen and oxygen atoms in total. The van der Waals surface area contributed by atoms with Gasteiger partial charge in [0.05, 0.1) is 5.39 Å². The molecule has 0 N–H and O–H groups in total. The zero-order chi connectivity index (χ0) is 9.71. The van der Waals surface area contributed by atoms with Crippen molar-refractivity contribution >= 4 is 28.2 Å². The van der Waals surface area contributed by atoms with Gasteiger partial charge in [0.25, 0.3) is 0 Å². The largest absolute Gasteiger partial charge is 0.274 e. The lowest BCUT2D eigenvalue weighted by molar-refractivity contribution is 0.779. The Morgan fingerprint density at radius 1 is 1.36 bits per heavy atom. The molecule has 3 rings (SSSR count). The molecule has 0 fully saturated rings. The number of aromatic nitrogens is 6. The van der Waals surface area contributed by atoms with Crippen LogP contribution in [0.2, 0.25) is 5.15 Å². The first-order chi connectivity index (χ1) is 6.75. The summed E-state index contributed by atoms with van der Waals surface area (Å²) in [5.74, 6) is 0. The van der Waals surface area contributed by atoms with Gasteiger partial charge in [-0.2, -0.15) is 14.7 Å². The van der Waals surface area contributed by atoms with E-state index in [-0.39, 0.29) is 0 Å². The number of halogens is 1. The normalized spacial score (nSPS) is 11.6. The van der Waals surface area contributed by atoms with Crippen molar-refractivity contribution in [3.05, 3.63) is 17.7 Å². The number of hydrogen-bond acceptors (Lipinski definition) is 4. The molecule has 0 spiro atoms. The lowest BCUT2D eigenvalue weighted by atomic mass is 10.4. The van der Waals surface area contributed by atoms with Crippen molar-refractivity contribution < 1.29 is 0 Å². The van der Waals surface area contributed by atoms with Crippen molar-refractivity contribution in [1.29, 1.82) is 0 Å². The maximum atomic E-state index is 5.94. The van der Waals surface area contributed by atoms with Crippen LogP contribution in [0.5, 0.6) is 0 Å². The lowest BCUT2D eigenvalue weighted by Gasteiger charge is -1.93. The van der Waals surface area contributed by atoms with Crippen LogP contribution in [0.15, 0.2) is 12.5 Å². The summed E-state index contributed by atoms with van der Waals surface area (Å²) in [5, 5.41) is 17.1. The van der Waals surface area contributed by atoms with Crippen LogP contribution < -0.4 is 0 Å². The number of nitrogens with zero attached hydrogens (tertiary/aromatic N) is 6. The maximum Gasteiger partial charge on any atom is 0.188 e. The van der Waals surface area contributed by atoms with Gasteiger partial charge >= 0.3 is 0 Å². The molecule has 3 aromatic heterocycles. The highest BCUT2D eigenvalue weighted by Gasteiger charge is 2.11. The fraction of sp³-hybridized carbons (Fsp3) is 0.143. The minimum absolute atomic E-state index is 0.355. The molecule has 14 heavy (non-hydrogen) atoms. The van der Waals surface area contributed by atoms with Crippen LogP contribution in [0.1, 0.15) is 0 Å². The predicted molar refractivity (Wildman–Crippen MR) is 50.1 cm³/mol. The molecular weight excluding hydrogens is 204 g/mol. The van der Waals surface area contributed by atoms with E-state index in [1.807, 2.05) is 13.2 Å². The summed E-state index contributed by atoms with van der Waals surface area (Å²) >= 11 is 5.94. The molecule has 0 amide bonds. The molecule has 0 bridgehead atoms. The van der Waals surface area contributed by atoms with Crippen LogP contribution in [0.4, 0.5) is 0 Å². The molecular formula is C7H5ClN6. The second kappa shape index (κ2) is 2.42. The molecule has 7 heteroatoms. The van der Waals surface area contributed by atoms with Gasteiger partial charge in [-0.1, -0.05) is 11.6 Å². The topological polar surface area (TPSA) is 60.9 Å². The van der Waals surface area contributed by atoms with E-state index < -0.39 is 0 Å². The molecule has 0 atom stereocenters. The SMILES string of the molecule is Cn1cc2c(n1)c(Cl)nn1cnnc21. The second-order valence-corrected chi connectivity index (χ2v) is 3.31. The Bertz CT molecular complexity index is 623. The fourth-order valence-electron chi connectivity index (χ4n) is 1.43. The van der Waals surface area contributed by atoms with E-state index in [2.05, 4.69) is 20.4 Å². The molecule has 0 aliphatic rings. The van der Waals surface area contributed by atoms with Crippen LogP contribution in [0, 0.1) is 0 Å². The van der Waals surface area contributed by atoms with Gasteiger partial charge in [-0.3, -0.25) is 4.68 Å². The number of fused-ring (bicyclic) bond motifs is 3. The summed E-state index contributed by atoms with van der Waals surface area (Å²) in [4.78, 5) is 0. The average molecular weight is 209 g/mol. The van der Waals surface area contributed by atoms with Crippen LogP contribution in [0.3, 0.4) is 0 Å². The van der Waals surface area contributed by atoms with Crippen LogP contribution in [-0.4, -0.2) is 29.6 Å². The highest BCUT2D eigenvalue weighted by Crippen LogP contribution is 2.21. The third-order valence-electron chi connectivity index (χ3n) is 1.99. The Balaban J connectivity index is 2.65. The zero-order valence-electron chi connectivity index (χ0n) is 7.22. The fourth-order valence-corrected chi connectivity index (χ4v) is 1.65. The summed E-state index contributed by atoms with van der Waals surface area (Å²) < 4.78 is 3.21. The highest BCUT2D eigenvalue weighted by atomic mass is 35.5. The van der Waals surface area contributed by atoms with Gasteiger partial charge in [0.2, 0.25) is 0 Å². The van der Waals surface area contributed by atoms with Crippen LogP contribution in [0.25, 0.3) is 16.6 Å². The van der Waals surface area contributed by atoms with E-state index in [1.54, 1.807) is 4.68 Å². The quantitative estimate of drug-likeness (QED) is 0.545. The zero-order valence-corrected chi connectivity index (χ0v) is 7.97. The van der Waals surface area contributed by atoms with E-state index in [0.29, 0.717) is 16.3 Å². The Hall–Kier alpha value is -1.69. The lowest BCUT2D eigenvalue weighted by Crippen LogP contribution is -1.91. The van der Waals surface area contributed by atoms with Gasteiger partial charge in [-0.25, -0.2) is 0 Å². The monoisotopic (exact) mass is 208 g/mol. The molecule has 0 radical (unpaired) electrons. The Morgan fingerprint density at radius 3 is 3.07 bits per heavy atom. The van der Waals surface area contributed by atoms with E-state index in [4.69, 9.17) is 11.6 Å². The summed E-state index contributed by atoms with van der Waals surface area (Å²) in [5.41, 5.74) is 1.31. The van der Waals surface area contributed by atoms with Crippen molar-refractivity contribution in [1.82, 2.24) is 29.6 Å². The third kappa shape index (κ3) is 0.856. The summed E-state index contributed by atoms with van der Waals surface area (Å²) in [6.45, 7) is 0. The molecule has 0 aromatic carbocycles. The van der Waals surface area contributed by atoms with Crippen molar-refractivity contribution in [2.24, 2.45) is 7.05 Å². The Morgan fingerprint density at radius 2 is 2.21 bits per heavy atom. The second-order valence-electron chi connectivity index (χ2n) is 2.95. The van der Waals surface area contributed by atoms with Gasteiger partial charge in [0.1, 0.15) is 11.8 Å². The molecule has 0 aliphatic carbocycles. The van der Waals surface area contributed by atoms with Crippen molar-refractivity contribution in [3.8, 4) is 0 Å². The van der Waals surface area contributed by atoms with E-state index in [0.717, 1.165) is 5.39 Å². The minimum atomic E-state index is 0.355. The first kappa shape index (κ1) is 7.69. The Kier molecular flexibility index (Phi) is 1.33. The standard InChI is InChI=1S/C7H5ClN6/c1-13-2-4-5(11-13)6(8)12-14-3-9-10-7(4)14/h2-3H,1H3. The van der Waals surface area contributed by atoms with Crippen molar-refractivity contribution in [2.45, 2.75) is 0 Å². The van der Waals surface area contributed by atoms with E-state index in [9.17, 15) is 0 Å². The minimum Gasteiger partial charge on any atom is -0.274 e. The third-order valence-corrected chi connectivity index (χ3v) is 2.25. The Labute approximate surface area is 83.1 Å². The molecule has 0 saturated carbocycles. The summed E-state index contributed by atoms with van der Waals surface area (Å²) in [6, 6.07) is 0. The average Bonchev–Trinajstić information content (AvgIpc) is 2.69. The number of hydrogen-bond donors (Lipinski definition) is 0. The summed E-state index contributed by atoms with van der Waals surface area (Å²) in [6.07, 6.45) is 3.35. The molecule has 70 valence electrons. The molecule has 3 aromatic rings. The molecule has 0 aliphatic heterocycles. The first-order valence-electron chi connectivity index (χ1n) is 3.94. The van der Waals surface area contributed by atoms with E-state index in [1.165, 1.54) is 10.8 Å². The summed E-state index contributed by atoms with van der Waals surface area (Å²) in [7, 11) is 1.82. The first-order valence-corrected chi connectivity index (χ1v) is 4.32. The molecule has 0 unspecified atom stereocenters. The molecule has 0 saturated heterocycles. The highest BCUT2D eigenvalue weighted by molar-refractivity contribution is 6.34. The molecule has 3 heterocycles. The predicted octanol–water partition coefficient (Wildman–Crippen LogP) is 0.664. The van der Waals surface area contributed by atoms with Crippen LogP contribution >= 0.6 is 11.6 Å². The number of aryl methyl sites for hydroxylation is 1. The van der Waals surface area contributed by atoms with Crippen molar-refractivity contribution in [3.63, 3.8) is 0 Å².